The van der Waals surface area contributed by atoms with Crippen LogP contribution in [0.15, 0.2) is 41.8 Å². The van der Waals surface area contributed by atoms with Gasteiger partial charge in [0.05, 0.1) is 32.2 Å². The minimum absolute atomic E-state index is 0.158. The summed E-state index contributed by atoms with van der Waals surface area (Å²) in [5.41, 5.74) is 2.13. The van der Waals surface area contributed by atoms with E-state index in [9.17, 15) is 14.4 Å². The molecule has 11 heteroatoms. The van der Waals surface area contributed by atoms with Crippen LogP contribution < -0.4 is 24.4 Å². The van der Waals surface area contributed by atoms with Crippen LogP contribution in [0.4, 0.5) is 10.8 Å². The highest BCUT2D eigenvalue weighted by Crippen LogP contribution is 2.37. The van der Waals surface area contributed by atoms with Gasteiger partial charge >= 0.3 is 5.97 Å². The molecule has 0 saturated heterocycles. The fraction of sp³-hybridized carbons (Fsp3) is 0.250. The highest BCUT2D eigenvalue weighted by Gasteiger charge is 2.28. The summed E-state index contributed by atoms with van der Waals surface area (Å²) >= 11 is 1.26. The number of anilines is 2. The summed E-state index contributed by atoms with van der Waals surface area (Å²) in [6.45, 7) is 1.56. The van der Waals surface area contributed by atoms with Gasteiger partial charge in [0, 0.05) is 16.5 Å². The molecule has 182 valence electrons. The Hall–Kier alpha value is -4.12. The predicted molar refractivity (Wildman–Crippen MR) is 130 cm³/mol. The number of benzene rings is 2. The molecule has 2 heterocycles. The van der Waals surface area contributed by atoms with Gasteiger partial charge in [-0.2, -0.15) is 0 Å². The first kappa shape index (κ1) is 24.0. The summed E-state index contributed by atoms with van der Waals surface area (Å²) < 4.78 is 20.9. The summed E-state index contributed by atoms with van der Waals surface area (Å²) in [7, 11) is 3.02. The molecule has 0 spiro atoms. The zero-order chi connectivity index (χ0) is 24.9. The van der Waals surface area contributed by atoms with Crippen molar-refractivity contribution in [1.29, 1.82) is 0 Å². The van der Waals surface area contributed by atoms with Crippen molar-refractivity contribution in [3.8, 4) is 28.5 Å². The van der Waals surface area contributed by atoms with Crippen molar-refractivity contribution in [3.63, 3.8) is 0 Å². The Labute approximate surface area is 205 Å². The van der Waals surface area contributed by atoms with Crippen LogP contribution in [0.3, 0.4) is 0 Å². The van der Waals surface area contributed by atoms with Gasteiger partial charge in [-0.3, -0.25) is 24.6 Å². The minimum Gasteiger partial charge on any atom is -0.493 e. The van der Waals surface area contributed by atoms with Crippen LogP contribution in [0.5, 0.6) is 17.2 Å². The highest BCUT2D eigenvalue weighted by molar-refractivity contribution is 7.14. The second-order valence-corrected chi connectivity index (χ2v) is 8.18. The molecule has 4 rings (SSSR count). The van der Waals surface area contributed by atoms with E-state index in [2.05, 4.69) is 10.3 Å². The van der Waals surface area contributed by atoms with Gasteiger partial charge in [0.25, 0.3) is 11.8 Å². The maximum atomic E-state index is 12.7. The van der Waals surface area contributed by atoms with Gasteiger partial charge in [0.2, 0.25) is 0 Å². The van der Waals surface area contributed by atoms with E-state index in [0.29, 0.717) is 44.9 Å². The maximum absolute atomic E-state index is 12.7. The summed E-state index contributed by atoms with van der Waals surface area (Å²) in [5.74, 6) is 0.245. The number of ether oxygens (including phenoxy) is 4. The third kappa shape index (κ3) is 5.19. The van der Waals surface area contributed by atoms with Crippen LogP contribution in [-0.2, 0) is 14.3 Å². The molecule has 1 aliphatic rings. The summed E-state index contributed by atoms with van der Waals surface area (Å²) in [6, 6.07) is 10.1. The summed E-state index contributed by atoms with van der Waals surface area (Å²) in [4.78, 5) is 43.0. The molecule has 0 fully saturated rings. The van der Waals surface area contributed by atoms with E-state index in [1.54, 1.807) is 48.7 Å². The average Bonchev–Trinajstić information content (AvgIpc) is 3.33. The smallest absolute Gasteiger partial charge is 0.326 e. The Morgan fingerprint density at radius 3 is 2.69 bits per heavy atom. The van der Waals surface area contributed by atoms with Crippen LogP contribution in [-0.4, -0.2) is 56.7 Å². The predicted octanol–water partition coefficient (Wildman–Crippen LogP) is 3.37. The van der Waals surface area contributed by atoms with Crippen molar-refractivity contribution in [2.45, 2.75) is 6.92 Å². The number of hydrogen-bond donors (Lipinski definition) is 1. The van der Waals surface area contributed by atoms with Crippen LogP contribution in [0.2, 0.25) is 0 Å². The number of carbonyl (C=O) groups excluding carboxylic acids is 3. The largest absolute Gasteiger partial charge is 0.493 e. The Kier molecular flexibility index (Phi) is 7.16. The Bertz CT molecular complexity index is 1270. The van der Waals surface area contributed by atoms with Crippen molar-refractivity contribution in [2.75, 3.05) is 44.2 Å². The van der Waals surface area contributed by atoms with E-state index in [1.807, 2.05) is 0 Å². The molecule has 2 aromatic carbocycles. The SMILES string of the molecule is CCOC(=O)CN1C(=O)COc2ccc(-c3csc(NC(=O)c4ccc(OC)c(OC)c4)n3)cc21. The van der Waals surface area contributed by atoms with Gasteiger partial charge < -0.3 is 18.9 Å². The van der Waals surface area contributed by atoms with Crippen molar-refractivity contribution in [2.24, 2.45) is 0 Å². The molecule has 35 heavy (non-hydrogen) atoms. The number of esters is 1. The normalized spacial score (nSPS) is 12.4. The number of fused-ring (bicyclic) bond motifs is 1. The van der Waals surface area contributed by atoms with E-state index in [0.717, 1.165) is 0 Å². The van der Waals surface area contributed by atoms with E-state index in [-0.39, 0.29) is 31.6 Å². The second-order valence-electron chi connectivity index (χ2n) is 7.32. The molecule has 1 aromatic heterocycles. The third-order valence-electron chi connectivity index (χ3n) is 5.16. The zero-order valence-electron chi connectivity index (χ0n) is 19.3. The molecule has 0 atom stereocenters. The van der Waals surface area contributed by atoms with E-state index in [4.69, 9.17) is 18.9 Å². The number of carbonyl (C=O) groups is 3. The quantitative estimate of drug-likeness (QED) is 0.471. The first-order valence-electron chi connectivity index (χ1n) is 10.7. The standard InChI is InChI=1S/C24H23N3O7S/c1-4-33-22(29)11-27-17-9-14(5-7-18(17)34-12-21(27)28)16-13-35-24(25-16)26-23(30)15-6-8-19(31-2)20(10-15)32-3/h5-10,13H,4,11-12H2,1-3H3,(H,25,26,30). The van der Waals surface area contributed by atoms with Crippen molar-refractivity contribution in [3.05, 3.63) is 47.3 Å². The monoisotopic (exact) mass is 497 g/mol. The van der Waals surface area contributed by atoms with Crippen molar-refractivity contribution in [1.82, 2.24) is 4.98 Å². The van der Waals surface area contributed by atoms with Crippen LogP contribution >= 0.6 is 11.3 Å². The molecule has 0 bridgehead atoms. The number of rotatable bonds is 8. The number of amides is 2. The molecule has 10 nitrogen and oxygen atoms in total. The second kappa shape index (κ2) is 10.4. The first-order valence-corrected chi connectivity index (χ1v) is 11.5. The van der Waals surface area contributed by atoms with Crippen molar-refractivity contribution < 1.29 is 33.3 Å². The molecular formula is C24H23N3O7S. The summed E-state index contributed by atoms with van der Waals surface area (Å²) in [6.07, 6.45) is 0. The topological polar surface area (TPSA) is 116 Å². The number of aromatic nitrogens is 1. The fourth-order valence-corrected chi connectivity index (χ4v) is 4.20. The lowest BCUT2D eigenvalue weighted by Gasteiger charge is -2.28. The van der Waals surface area contributed by atoms with E-state index in [1.165, 1.54) is 30.5 Å². The van der Waals surface area contributed by atoms with E-state index < -0.39 is 5.97 Å². The Morgan fingerprint density at radius 2 is 1.94 bits per heavy atom. The first-order chi connectivity index (χ1) is 16.9. The van der Waals surface area contributed by atoms with Crippen molar-refractivity contribution >= 4 is 39.9 Å². The van der Waals surface area contributed by atoms with E-state index >= 15 is 0 Å². The molecule has 0 saturated carbocycles. The molecule has 1 aliphatic heterocycles. The lowest BCUT2D eigenvalue weighted by Crippen LogP contribution is -2.42. The maximum Gasteiger partial charge on any atom is 0.326 e. The lowest BCUT2D eigenvalue weighted by molar-refractivity contribution is -0.142. The zero-order valence-corrected chi connectivity index (χ0v) is 20.1. The lowest BCUT2D eigenvalue weighted by atomic mass is 10.1. The minimum atomic E-state index is -0.507. The molecule has 0 radical (unpaired) electrons. The number of thiazole rings is 1. The molecule has 2 amide bonds. The highest BCUT2D eigenvalue weighted by atomic mass is 32.1. The van der Waals surface area contributed by atoms with Gasteiger partial charge in [-0.05, 0) is 43.3 Å². The van der Waals surface area contributed by atoms with Gasteiger partial charge in [-0.25, -0.2) is 4.98 Å². The van der Waals surface area contributed by atoms with Gasteiger partial charge in [0.1, 0.15) is 12.3 Å². The Morgan fingerprint density at radius 1 is 1.14 bits per heavy atom. The number of hydrogen-bond acceptors (Lipinski definition) is 9. The number of nitrogens with one attached hydrogen (secondary N) is 1. The van der Waals surface area contributed by atoms with Gasteiger partial charge in [-0.15, -0.1) is 11.3 Å². The third-order valence-corrected chi connectivity index (χ3v) is 5.92. The number of methoxy groups -OCH3 is 2. The molecule has 3 aromatic rings. The number of nitrogens with zero attached hydrogens (tertiary/aromatic N) is 2. The fourth-order valence-electron chi connectivity index (χ4n) is 3.48. The molecule has 1 N–H and O–H groups in total. The van der Waals surface area contributed by atoms with Crippen LogP contribution in [0.1, 0.15) is 17.3 Å². The van der Waals surface area contributed by atoms with Gasteiger partial charge in [0.15, 0.2) is 23.2 Å². The Balaban J connectivity index is 1.54. The van der Waals surface area contributed by atoms with Crippen LogP contribution in [0.25, 0.3) is 11.3 Å². The van der Waals surface area contributed by atoms with Gasteiger partial charge in [-0.1, -0.05) is 0 Å². The average molecular weight is 498 g/mol. The summed E-state index contributed by atoms with van der Waals surface area (Å²) in [5, 5.41) is 4.96. The molecule has 0 unspecified atom stereocenters. The molecular weight excluding hydrogens is 474 g/mol. The molecule has 0 aliphatic carbocycles. The van der Waals surface area contributed by atoms with Crippen LogP contribution in [0, 0.1) is 0 Å².